The molecule has 0 saturated carbocycles. The summed E-state index contributed by atoms with van der Waals surface area (Å²) in [5.74, 6) is -1.28. The van der Waals surface area contributed by atoms with E-state index in [0.717, 1.165) is 0 Å². The third-order valence-corrected chi connectivity index (χ3v) is 5.82. The zero-order valence-corrected chi connectivity index (χ0v) is 24.3. The van der Waals surface area contributed by atoms with Crippen molar-refractivity contribution in [2.45, 2.75) is 111 Å². The Morgan fingerprint density at radius 3 is 1.92 bits per heavy atom. The molecule has 11 heteroatoms. The van der Waals surface area contributed by atoms with Crippen LogP contribution in [-0.4, -0.2) is 54.2 Å². The maximum atomic E-state index is 12.5. The van der Waals surface area contributed by atoms with Crippen LogP contribution in [0.5, 0.6) is 11.5 Å². The minimum atomic E-state index is -1.07. The molecule has 1 rings (SSSR count). The van der Waals surface area contributed by atoms with Gasteiger partial charge in [0, 0.05) is 6.42 Å². The predicted molar refractivity (Wildman–Crippen MR) is 143 cm³/mol. The van der Waals surface area contributed by atoms with Gasteiger partial charge in [-0.25, -0.2) is 9.59 Å². The highest BCUT2D eigenvalue weighted by Crippen LogP contribution is 2.31. The summed E-state index contributed by atoms with van der Waals surface area (Å²) in [5, 5.41) is 0. The van der Waals surface area contributed by atoms with E-state index in [1.807, 2.05) is 20.8 Å². The highest BCUT2D eigenvalue weighted by Gasteiger charge is 2.26. The van der Waals surface area contributed by atoms with Crippen molar-refractivity contribution in [1.82, 2.24) is 0 Å². The first kappa shape index (κ1) is 33.7. The van der Waals surface area contributed by atoms with Crippen molar-refractivity contribution in [2.24, 2.45) is 5.73 Å². The van der Waals surface area contributed by atoms with Crippen LogP contribution in [0, 0.1) is 0 Å². The second-order valence-corrected chi connectivity index (χ2v) is 10.4. The van der Waals surface area contributed by atoms with Crippen LogP contribution in [0.15, 0.2) is 18.2 Å². The molecule has 0 spiro atoms. The molecule has 2 N–H and O–H groups in total. The molecule has 0 saturated heterocycles. The molecule has 1 aromatic rings. The van der Waals surface area contributed by atoms with Crippen molar-refractivity contribution >= 4 is 24.2 Å². The van der Waals surface area contributed by atoms with E-state index in [4.69, 9.17) is 34.2 Å². The molecule has 0 amide bonds. The van der Waals surface area contributed by atoms with Gasteiger partial charge >= 0.3 is 24.2 Å². The summed E-state index contributed by atoms with van der Waals surface area (Å²) in [5.41, 5.74) is 4.97. The van der Waals surface area contributed by atoms with E-state index in [1.165, 1.54) is 12.1 Å². The Morgan fingerprint density at radius 1 is 0.872 bits per heavy atom. The van der Waals surface area contributed by atoms with Crippen molar-refractivity contribution in [3.63, 3.8) is 0 Å². The van der Waals surface area contributed by atoms with E-state index in [0.29, 0.717) is 24.8 Å². The second kappa shape index (κ2) is 15.3. The molecule has 220 valence electrons. The lowest BCUT2D eigenvalue weighted by molar-refractivity contribution is -0.158. The minimum Gasteiger partial charge on any atom is -0.461 e. The number of carbonyl (C=O) groups excluding carboxylic acids is 4. The van der Waals surface area contributed by atoms with E-state index in [1.54, 1.807) is 40.7 Å². The zero-order valence-electron chi connectivity index (χ0n) is 24.3. The second-order valence-electron chi connectivity index (χ2n) is 10.4. The smallest absolute Gasteiger partial charge is 0.461 e. The van der Waals surface area contributed by atoms with Crippen molar-refractivity contribution in [2.75, 3.05) is 6.61 Å². The van der Waals surface area contributed by atoms with Gasteiger partial charge in [0.05, 0.1) is 0 Å². The molecule has 0 aliphatic carbocycles. The highest BCUT2D eigenvalue weighted by atomic mass is 16.8. The van der Waals surface area contributed by atoms with Crippen LogP contribution < -0.4 is 15.2 Å². The normalized spacial score (nSPS) is 13.1. The van der Waals surface area contributed by atoms with Crippen LogP contribution in [0.2, 0.25) is 0 Å². The van der Waals surface area contributed by atoms with Crippen molar-refractivity contribution in [3.05, 3.63) is 23.8 Å². The van der Waals surface area contributed by atoms with Gasteiger partial charge in [-0.05, 0) is 78.0 Å². The average Bonchev–Trinajstić information content (AvgIpc) is 2.83. The monoisotopic (exact) mass is 553 g/mol. The van der Waals surface area contributed by atoms with Gasteiger partial charge in [0.2, 0.25) is 0 Å². The average molecular weight is 554 g/mol. The molecule has 0 aliphatic rings. The number of hydrogen-bond acceptors (Lipinski definition) is 11. The topological polar surface area (TPSA) is 150 Å². The number of hydrogen-bond donors (Lipinski definition) is 1. The Balaban J connectivity index is 2.99. The van der Waals surface area contributed by atoms with E-state index >= 15 is 0 Å². The molecule has 0 unspecified atom stereocenters. The van der Waals surface area contributed by atoms with Crippen LogP contribution in [0.3, 0.4) is 0 Å². The molecule has 0 radical (unpaired) electrons. The maximum absolute atomic E-state index is 12.5. The molecule has 0 bridgehead atoms. The molecule has 0 fully saturated rings. The Morgan fingerprint density at radius 2 is 1.41 bits per heavy atom. The Kier molecular flexibility index (Phi) is 13.2. The Labute approximate surface area is 230 Å². The standard InChI is InChI=1S/C28H43NO10/c1-9-12-23(30)35-18(4)17-34-24(31)20(29)15-19-13-14-21(36-25(32)38-27(5,6)10-2)22(16-19)37-26(33)39-28(7,8)11-3/h13-14,16,18,20H,9-12,15,17,29H2,1-8H3/t18-,20-/m0/s1. The molecular formula is C28H43NO10. The third kappa shape index (κ3) is 12.8. The van der Waals surface area contributed by atoms with Crippen LogP contribution in [0.4, 0.5) is 9.59 Å². The summed E-state index contributed by atoms with van der Waals surface area (Å²) >= 11 is 0. The van der Waals surface area contributed by atoms with E-state index in [2.05, 4.69) is 0 Å². The summed E-state index contributed by atoms with van der Waals surface area (Å²) in [6.45, 7) is 13.9. The van der Waals surface area contributed by atoms with Crippen molar-refractivity contribution in [1.29, 1.82) is 0 Å². The Bertz CT molecular complexity index is 989. The molecule has 11 nitrogen and oxygen atoms in total. The molecular weight excluding hydrogens is 510 g/mol. The molecule has 39 heavy (non-hydrogen) atoms. The molecule has 0 aromatic heterocycles. The lowest BCUT2D eigenvalue weighted by Crippen LogP contribution is -2.36. The predicted octanol–water partition coefficient (Wildman–Crippen LogP) is 5.24. The van der Waals surface area contributed by atoms with E-state index in [-0.39, 0.29) is 36.9 Å². The van der Waals surface area contributed by atoms with Crippen LogP contribution in [-0.2, 0) is 35.0 Å². The van der Waals surface area contributed by atoms with Gasteiger partial charge in [0.1, 0.15) is 30.0 Å². The van der Waals surface area contributed by atoms with Gasteiger partial charge in [-0.15, -0.1) is 0 Å². The Hall–Kier alpha value is -3.34. The van der Waals surface area contributed by atoms with E-state index < -0.39 is 41.6 Å². The summed E-state index contributed by atoms with van der Waals surface area (Å²) in [6.07, 6.45) is -0.558. The summed E-state index contributed by atoms with van der Waals surface area (Å²) < 4.78 is 31.6. The van der Waals surface area contributed by atoms with Gasteiger partial charge < -0.3 is 34.2 Å². The fraction of sp³-hybridized carbons (Fsp3) is 0.643. The highest BCUT2D eigenvalue weighted by molar-refractivity contribution is 5.76. The molecule has 0 heterocycles. The first-order valence-electron chi connectivity index (χ1n) is 13.2. The van der Waals surface area contributed by atoms with E-state index in [9.17, 15) is 19.2 Å². The maximum Gasteiger partial charge on any atom is 0.514 e. The number of rotatable bonds is 14. The SMILES string of the molecule is CCCC(=O)O[C@@H](C)COC(=O)[C@@H](N)Cc1ccc(OC(=O)OC(C)(C)CC)c(OC(=O)OC(C)(C)CC)c1. The number of nitrogens with two attached hydrogens (primary N) is 1. The first-order valence-corrected chi connectivity index (χ1v) is 13.2. The minimum absolute atomic E-state index is 0.0162. The fourth-order valence-electron chi connectivity index (χ4n) is 2.83. The lowest BCUT2D eigenvalue weighted by Gasteiger charge is -2.24. The largest absolute Gasteiger partial charge is 0.514 e. The van der Waals surface area contributed by atoms with Gasteiger partial charge in [0.25, 0.3) is 0 Å². The molecule has 1 aromatic carbocycles. The summed E-state index contributed by atoms with van der Waals surface area (Å²) in [4.78, 5) is 48.8. The van der Waals surface area contributed by atoms with Gasteiger partial charge in [-0.3, -0.25) is 9.59 Å². The van der Waals surface area contributed by atoms with Crippen LogP contribution in [0.25, 0.3) is 0 Å². The zero-order chi connectivity index (χ0) is 29.8. The lowest BCUT2D eigenvalue weighted by atomic mass is 10.1. The number of ether oxygens (including phenoxy) is 6. The summed E-state index contributed by atoms with van der Waals surface area (Å²) in [7, 11) is 0. The fourth-order valence-corrected chi connectivity index (χ4v) is 2.83. The van der Waals surface area contributed by atoms with Crippen molar-refractivity contribution < 1.29 is 47.6 Å². The van der Waals surface area contributed by atoms with Gasteiger partial charge in [-0.1, -0.05) is 26.8 Å². The van der Waals surface area contributed by atoms with Crippen molar-refractivity contribution in [3.8, 4) is 11.5 Å². The van der Waals surface area contributed by atoms with Crippen LogP contribution in [0.1, 0.15) is 86.6 Å². The van der Waals surface area contributed by atoms with Gasteiger partial charge in [0.15, 0.2) is 11.5 Å². The van der Waals surface area contributed by atoms with Crippen LogP contribution >= 0.6 is 0 Å². The third-order valence-electron chi connectivity index (χ3n) is 5.82. The number of benzene rings is 1. The number of esters is 2. The summed E-state index contributed by atoms with van der Waals surface area (Å²) in [6, 6.07) is 3.31. The van der Waals surface area contributed by atoms with Gasteiger partial charge in [-0.2, -0.15) is 0 Å². The molecule has 2 atom stereocenters. The number of carbonyl (C=O) groups is 4. The quantitative estimate of drug-likeness (QED) is 0.183. The molecule has 0 aliphatic heterocycles. The first-order chi connectivity index (χ1) is 18.1.